The number of nitrogens with zero attached hydrogens (tertiary/aromatic N) is 2. The zero-order chi connectivity index (χ0) is 10.8. The Morgan fingerprint density at radius 1 is 1.67 bits per heavy atom. The van der Waals surface area contributed by atoms with E-state index in [1.165, 1.54) is 13.5 Å². The molecule has 0 saturated heterocycles. The summed E-state index contributed by atoms with van der Waals surface area (Å²) in [5.74, 6) is 0.344. The van der Waals surface area contributed by atoms with Gasteiger partial charge in [-0.1, -0.05) is 0 Å². The molecule has 0 aliphatic heterocycles. The maximum absolute atomic E-state index is 11.7. The van der Waals surface area contributed by atoms with Crippen LogP contribution in [0.4, 0.5) is 0 Å². The van der Waals surface area contributed by atoms with Gasteiger partial charge in [0.2, 0.25) is 5.88 Å². The number of aromatic nitrogens is 2. The van der Waals surface area contributed by atoms with E-state index in [9.17, 15) is 4.79 Å². The Bertz CT molecular complexity index is 410. The Morgan fingerprint density at radius 2 is 2.40 bits per heavy atom. The van der Waals surface area contributed by atoms with E-state index in [0.717, 1.165) is 18.5 Å². The highest BCUT2D eigenvalue weighted by atomic mass is 16.5. The minimum Gasteiger partial charge on any atom is -0.481 e. The van der Waals surface area contributed by atoms with Crippen molar-refractivity contribution in [1.82, 2.24) is 9.55 Å². The average molecular weight is 209 g/mol. The lowest BCUT2D eigenvalue weighted by molar-refractivity contribution is 0.291. The predicted molar refractivity (Wildman–Crippen MR) is 55.8 cm³/mol. The van der Waals surface area contributed by atoms with E-state index in [1.54, 1.807) is 10.6 Å². The van der Waals surface area contributed by atoms with Crippen LogP contribution >= 0.6 is 0 Å². The fourth-order valence-corrected chi connectivity index (χ4v) is 1.81. The minimum absolute atomic E-state index is 0.250. The third-order valence-electron chi connectivity index (χ3n) is 2.87. The summed E-state index contributed by atoms with van der Waals surface area (Å²) in [5.41, 5.74) is 6.17. The molecule has 5 heteroatoms. The van der Waals surface area contributed by atoms with Crippen molar-refractivity contribution in [2.45, 2.75) is 31.8 Å². The van der Waals surface area contributed by atoms with Crippen LogP contribution in [0.5, 0.6) is 5.88 Å². The summed E-state index contributed by atoms with van der Waals surface area (Å²) in [4.78, 5) is 15.6. The molecule has 1 saturated carbocycles. The third kappa shape index (κ3) is 1.74. The van der Waals surface area contributed by atoms with Crippen molar-refractivity contribution >= 4 is 0 Å². The van der Waals surface area contributed by atoms with Crippen LogP contribution in [0.2, 0.25) is 0 Å². The monoisotopic (exact) mass is 209 g/mol. The van der Waals surface area contributed by atoms with E-state index < -0.39 is 0 Å². The first-order chi connectivity index (χ1) is 7.26. The second-order valence-electron chi connectivity index (χ2n) is 3.73. The predicted octanol–water partition coefficient (Wildman–Crippen LogP) is 0.436. The van der Waals surface area contributed by atoms with E-state index in [2.05, 4.69) is 4.98 Å². The molecule has 1 aromatic rings. The van der Waals surface area contributed by atoms with Gasteiger partial charge in [-0.25, -0.2) is 4.79 Å². The van der Waals surface area contributed by atoms with Gasteiger partial charge >= 0.3 is 5.69 Å². The fraction of sp³-hybridized carbons (Fsp3) is 0.600. The molecule has 0 aromatic carbocycles. The molecule has 0 amide bonds. The lowest BCUT2D eigenvalue weighted by Crippen LogP contribution is -2.34. The Kier molecular flexibility index (Phi) is 2.73. The van der Waals surface area contributed by atoms with Gasteiger partial charge in [0.25, 0.3) is 0 Å². The standard InChI is InChI=1S/C10H15N3O2/c1-15-9-5-8(6-11)13(10(14)12-9)7-3-2-4-7/h5,7H,2-4,6,11H2,1H3. The van der Waals surface area contributed by atoms with Crippen LogP contribution in [0, 0.1) is 0 Å². The number of methoxy groups -OCH3 is 1. The summed E-state index contributed by atoms with van der Waals surface area (Å²) in [6.45, 7) is 0.338. The van der Waals surface area contributed by atoms with Gasteiger partial charge in [-0.2, -0.15) is 4.98 Å². The molecule has 1 heterocycles. The summed E-state index contributed by atoms with van der Waals surface area (Å²) >= 11 is 0. The van der Waals surface area contributed by atoms with E-state index >= 15 is 0 Å². The highest BCUT2D eigenvalue weighted by molar-refractivity contribution is 5.16. The van der Waals surface area contributed by atoms with Crippen LogP contribution in [0.25, 0.3) is 0 Å². The topological polar surface area (TPSA) is 70.1 Å². The highest BCUT2D eigenvalue weighted by Gasteiger charge is 2.23. The van der Waals surface area contributed by atoms with Gasteiger partial charge in [-0.05, 0) is 19.3 Å². The maximum atomic E-state index is 11.7. The lowest BCUT2D eigenvalue weighted by Gasteiger charge is -2.29. The first-order valence-electron chi connectivity index (χ1n) is 5.12. The zero-order valence-electron chi connectivity index (χ0n) is 8.77. The van der Waals surface area contributed by atoms with Crippen molar-refractivity contribution in [1.29, 1.82) is 0 Å². The van der Waals surface area contributed by atoms with Crippen LogP contribution in [0.15, 0.2) is 10.9 Å². The molecule has 15 heavy (non-hydrogen) atoms. The van der Waals surface area contributed by atoms with Crippen molar-refractivity contribution in [2.75, 3.05) is 7.11 Å². The molecule has 5 nitrogen and oxygen atoms in total. The van der Waals surface area contributed by atoms with E-state index in [4.69, 9.17) is 10.5 Å². The summed E-state index contributed by atoms with van der Waals surface area (Å²) in [7, 11) is 1.50. The molecule has 2 rings (SSSR count). The second-order valence-corrected chi connectivity index (χ2v) is 3.73. The van der Waals surface area contributed by atoms with Gasteiger partial charge in [-0.15, -0.1) is 0 Å². The molecule has 1 fully saturated rings. The summed E-state index contributed by atoms with van der Waals surface area (Å²) in [6.07, 6.45) is 3.26. The molecule has 0 unspecified atom stereocenters. The van der Waals surface area contributed by atoms with Gasteiger partial charge in [0.15, 0.2) is 0 Å². The van der Waals surface area contributed by atoms with Crippen LogP contribution in [0.1, 0.15) is 31.0 Å². The maximum Gasteiger partial charge on any atom is 0.351 e. The quantitative estimate of drug-likeness (QED) is 0.784. The molecule has 1 aromatic heterocycles. The molecular formula is C10H15N3O2. The number of hydrogen-bond donors (Lipinski definition) is 1. The molecule has 1 aliphatic carbocycles. The van der Waals surface area contributed by atoms with Gasteiger partial charge in [0.05, 0.1) is 7.11 Å². The van der Waals surface area contributed by atoms with Gasteiger partial charge < -0.3 is 10.5 Å². The molecule has 0 bridgehead atoms. The number of nitrogens with two attached hydrogens (primary N) is 1. The first kappa shape index (κ1) is 10.2. The smallest absolute Gasteiger partial charge is 0.351 e. The summed E-state index contributed by atoms with van der Waals surface area (Å²) in [5, 5.41) is 0. The number of hydrogen-bond acceptors (Lipinski definition) is 4. The Morgan fingerprint density at radius 3 is 2.87 bits per heavy atom. The Hall–Kier alpha value is -1.36. The molecule has 82 valence electrons. The van der Waals surface area contributed by atoms with Crippen molar-refractivity contribution in [2.24, 2.45) is 5.73 Å². The third-order valence-corrected chi connectivity index (χ3v) is 2.87. The van der Waals surface area contributed by atoms with Gasteiger partial charge in [0.1, 0.15) is 0 Å². The molecule has 0 radical (unpaired) electrons. The van der Waals surface area contributed by atoms with Crippen molar-refractivity contribution in [3.05, 3.63) is 22.2 Å². The summed E-state index contributed by atoms with van der Waals surface area (Å²) < 4.78 is 6.64. The fourth-order valence-electron chi connectivity index (χ4n) is 1.81. The molecule has 1 aliphatic rings. The van der Waals surface area contributed by atoms with E-state index in [0.29, 0.717) is 12.4 Å². The normalized spacial score (nSPS) is 16.1. The molecule has 0 spiro atoms. The van der Waals surface area contributed by atoms with Crippen LogP contribution in [-0.2, 0) is 6.54 Å². The SMILES string of the molecule is COc1cc(CN)n(C2CCC2)c(=O)n1. The second kappa shape index (κ2) is 4.02. The highest BCUT2D eigenvalue weighted by Crippen LogP contribution is 2.31. The summed E-state index contributed by atoms with van der Waals surface area (Å²) in [6, 6.07) is 2.02. The Labute approximate surface area is 87.9 Å². The molecule has 2 N–H and O–H groups in total. The largest absolute Gasteiger partial charge is 0.481 e. The van der Waals surface area contributed by atoms with Gasteiger partial charge in [-0.3, -0.25) is 4.57 Å². The van der Waals surface area contributed by atoms with E-state index in [1.807, 2.05) is 0 Å². The first-order valence-corrected chi connectivity index (χ1v) is 5.12. The molecule has 0 atom stereocenters. The average Bonchev–Trinajstić information content (AvgIpc) is 2.17. The van der Waals surface area contributed by atoms with Crippen LogP contribution < -0.4 is 16.2 Å². The zero-order valence-corrected chi connectivity index (χ0v) is 8.77. The van der Waals surface area contributed by atoms with Gasteiger partial charge in [0, 0.05) is 24.3 Å². The van der Waals surface area contributed by atoms with E-state index in [-0.39, 0.29) is 11.7 Å². The van der Waals surface area contributed by atoms with Crippen molar-refractivity contribution < 1.29 is 4.74 Å². The van der Waals surface area contributed by atoms with Crippen LogP contribution in [0.3, 0.4) is 0 Å². The molecular weight excluding hydrogens is 194 g/mol. The van der Waals surface area contributed by atoms with Crippen molar-refractivity contribution in [3.63, 3.8) is 0 Å². The minimum atomic E-state index is -0.250. The number of ether oxygens (including phenoxy) is 1. The lowest BCUT2D eigenvalue weighted by atomic mass is 9.92. The number of rotatable bonds is 3. The van der Waals surface area contributed by atoms with Crippen molar-refractivity contribution in [3.8, 4) is 5.88 Å². The van der Waals surface area contributed by atoms with Crippen LogP contribution in [-0.4, -0.2) is 16.7 Å². The Balaban J connectivity index is 2.46.